The Kier molecular flexibility index (Phi) is 7.12. The number of methoxy groups -OCH3 is 1. The Morgan fingerprint density at radius 1 is 1.06 bits per heavy atom. The lowest BCUT2D eigenvalue weighted by Crippen LogP contribution is -2.29. The van der Waals surface area contributed by atoms with E-state index >= 15 is 0 Å². The molecule has 35 heavy (non-hydrogen) atoms. The Bertz CT molecular complexity index is 1380. The Labute approximate surface area is 204 Å². The number of H-pyrrole nitrogens is 1. The molecule has 0 aliphatic carbocycles. The fourth-order valence-corrected chi connectivity index (χ4v) is 3.93. The van der Waals surface area contributed by atoms with Gasteiger partial charge in [-0.05, 0) is 36.4 Å². The van der Waals surface area contributed by atoms with Gasteiger partial charge in [-0.15, -0.1) is 0 Å². The molecule has 0 spiro atoms. The number of carbonyl (C=O) groups is 2. The highest BCUT2D eigenvalue weighted by Gasteiger charge is 2.18. The van der Waals surface area contributed by atoms with Crippen molar-refractivity contribution in [2.45, 2.75) is 6.92 Å². The van der Waals surface area contributed by atoms with Crippen molar-refractivity contribution in [3.05, 3.63) is 66.5 Å². The normalized spacial score (nSPS) is 10.9. The molecule has 2 aromatic heterocycles. The smallest absolute Gasteiger partial charge is 0.255 e. The molecule has 0 fully saturated rings. The van der Waals surface area contributed by atoms with Crippen molar-refractivity contribution >= 4 is 28.5 Å². The summed E-state index contributed by atoms with van der Waals surface area (Å²) in [5.74, 6) is 0.371. The van der Waals surface area contributed by atoms with Crippen LogP contribution in [-0.4, -0.2) is 61.0 Å². The maximum absolute atomic E-state index is 12.9. The molecule has 0 saturated carbocycles. The number of rotatable bonds is 8. The Morgan fingerprint density at radius 3 is 2.60 bits per heavy atom. The van der Waals surface area contributed by atoms with Crippen LogP contribution in [0.15, 0.2) is 60.9 Å². The molecule has 2 heterocycles. The van der Waals surface area contributed by atoms with Gasteiger partial charge in [0.15, 0.2) is 0 Å². The fraction of sp³-hybridized carbons (Fsp3) is 0.222. The third-order valence-electron chi connectivity index (χ3n) is 5.73. The van der Waals surface area contributed by atoms with Gasteiger partial charge in [-0.1, -0.05) is 31.2 Å². The summed E-state index contributed by atoms with van der Waals surface area (Å²) in [6.45, 7) is 2.78. The first-order valence-corrected chi connectivity index (χ1v) is 11.4. The van der Waals surface area contributed by atoms with Gasteiger partial charge in [-0.25, -0.2) is 4.98 Å². The first-order valence-electron chi connectivity index (χ1n) is 11.4. The Balaban J connectivity index is 1.77. The van der Waals surface area contributed by atoms with Gasteiger partial charge in [-0.3, -0.25) is 9.59 Å². The second kappa shape index (κ2) is 10.4. The van der Waals surface area contributed by atoms with Crippen molar-refractivity contribution in [3.63, 3.8) is 0 Å². The predicted molar refractivity (Wildman–Crippen MR) is 139 cm³/mol. The molecule has 3 N–H and O–H groups in total. The molecule has 0 aliphatic rings. The number of likely N-dealkylation sites (N-methyl/N-ethyl adjacent to an activating group) is 1. The standard InChI is InChI=1S/C27H29N5O3/c1-5-28-16-25(33)31-23-11-10-17(12-21(23)27(34)32(2)3)18-13-20-22(15-30-26(20)29-14-18)19-8-6-7-9-24(19)35-4/h6-15,28H,5,16H2,1-4H3,(H,29,30)(H,31,33). The lowest BCUT2D eigenvalue weighted by molar-refractivity contribution is -0.115. The van der Waals surface area contributed by atoms with Crippen molar-refractivity contribution in [3.8, 4) is 28.0 Å². The summed E-state index contributed by atoms with van der Waals surface area (Å²) in [7, 11) is 5.03. The van der Waals surface area contributed by atoms with E-state index in [1.807, 2.05) is 49.5 Å². The van der Waals surface area contributed by atoms with Gasteiger partial charge >= 0.3 is 0 Å². The van der Waals surface area contributed by atoms with E-state index in [0.29, 0.717) is 17.8 Å². The van der Waals surface area contributed by atoms with Crippen molar-refractivity contribution in [1.29, 1.82) is 0 Å². The molecule has 0 bridgehead atoms. The van der Waals surface area contributed by atoms with Gasteiger partial charge < -0.3 is 25.3 Å². The number of ether oxygens (including phenoxy) is 1. The Hall–Kier alpha value is -4.17. The van der Waals surface area contributed by atoms with Crippen LogP contribution in [0.4, 0.5) is 5.69 Å². The van der Waals surface area contributed by atoms with Gasteiger partial charge in [0.2, 0.25) is 5.91 Å². The average Bonchev–Trinajstić information content (AvgIpc) is 3.30. The number of nitrogens with zero attached hydrogens (tertiary/aromatic N) is 2. The van der Waals surface area contributed by atoms with Crippen LogP contribution >= 0.6 is 0 Å². The fourth-order valence-electron chi connectivity index (χ4n) is 3.93. The average molecular weight is 472 g/mol. The topological polar surface area (TPSA) is 99.4 Å². The van der Waals surface area contributed by atoms with Crippen LogP contribution in [-0.2, 0) is 4.79 Å². The molecule has 180 valence electrons. The van der Waals surface area contributed by atoms with Crippen LogP contribution in [0.1, 0.15) is 17.3 Å². The minimum Gasteiger partial charge on any atom is -0.496 e. The minimum atomic E-state index is -0.204. The molecule has 2 amide bonds. The lowest BCUT2D eigenvalue weighted by atomic mass is 9.99. The summed E-state index contributed by atoms with van der Waals surface area (Å²) in [4.78, 5) is 34.6. The monoisotopic (exact) mass is 471 g/mol. The number of aromatic amines is 1. The number of fused-ring (bicyclic) bond motifs is 1. The molecular weight excluding hydrogens is 442 g/mol. The SMILES string of the molecule is CCNCC(=O)Nc1ccc(-c2cnc3[nH]cc(-c4ccccc4OC)c3c2)cc1C(=O)N(C)C. The predicted octanol–water partition coefficient (Wildman–Crippen LogP) is 4.16. The lowest BCUT2D eigenvalue weighted by Gasteiger charge is -2.16. The molecule has 2 aromatic carbocycles. The molecular formula is C27H29N5O3. The highest BCUT2D eigenvalue weighted by molar-refractivity contribution is 6.05. The van der Waals surface area contributed by atoms with Gasteiger partial charge in [0.25, 0.3) is 5.91 Å². The molecule has 8 heteroatoms. The van der Waals surface area contributed by atoms with E-state index in [0.717, 1.165) is 39.0 Å². The van der Waals surface area contributed by atoms with E-state index in [2.05, 4.69) is 20.6 Å². The van der Waals surface area contributed by atoms with E-state index in [1.54, 1.807) is 39.5 Å². The third-order valence-corrected chi connectivity index (χ3v) is 5.73. The largest absolute Gasteiger partial charge is 0.496 e. The van der Waals surface area contributed by atoms with Crippen LogP contribution < -0.4 is 15.4 Å². The van der Waals surface area contributed by atoms with Crippen LogP contribution in [0.5, 0.6) is 5.75 Å². The number of para-hydroxylation sites is 1. The zero-order valence-electron chi connectivity index (χ0n) is 20.3. The van der Waals surface area contributed by atoms with Crippen molar-refractivity contribution in [2.24, 2.45) is 0 Å². The van der Waals surface area contributed by atoms with Crippen LogP contribution in [0.3, 0.4) is 0 Å². The molecule has 0 aliphatic heterocycles. The second-order valence-corrected chi connectivity index (χ2v) is 8.31. The number of benzene rings is 2. The molecule has 4 aromatic rings. The van der Waals surface area contributed by atoms with Crippen LogP contribution in [0, 0.1) is 0 Å². The number of nitrogens with one attached hydrogen (secondary N) is 3. The number of anilines is 1. The van der Waals surface area contributed by atoms with E-state index in [-0.39, 0.29) is 18.4 Å². The molecule has 0 saturated heterocycles. The van der Waals surface area contributed by atoms with E-state index in [4.69, 9.17) is 4.74 Å². The highest BCUT2D eigenvalue weighted by Crippen LogP contribution is 2.36. The van der Waals surface area contributed by atoms with Gasteiger partial charge in [0.05, 0.1) is 24.9 Å². The molecule has 0 unspecified atom stereocenters. The van der Waals surface area contributed by atoms with Crippen molar-refractivity contribution in [2.75, 3.05) is 39.6 Å². The van der Waals surface area contributed by atoms with Gasteiger partial charge in [0, 0.05) is 48.6 Å². The maximum atomic E-state index is 12.9. The quantitative estimate of drug-likeness (QED) is 0.358. The molecule has 0 radical (unpaired) electrons. The molecule has 8 nitrogen and oxygen atoms in total. The van der Waals surface area contributed by atoms with Crippen molar-refractivity contribution in [1.82, 2.24) is 20.2 Å². The third kappa shape index (κ3) is 5.02. The number of amides is 2. The second-order valence-electron chi connectivity index (χ2n) is 8.31. The summed E-state index contributed by atoms with van der Waals surface area (Å²) in [6.07, 6.45) is 3.69. The van der Waals surface area contributed by atoms with Gasteiger partial charge in [0.1, 0.15) is 11.4 Å². The van der Waals surface area contributed by atoms with Crippen LogP contribution in [0.25, 0.3) is 33.3 Å². The zero-order chi connectivity index (χ0) is 24.9. The van der Waals surface area contributed by atoms with E-state index in [1.165, 1.54) is 4.90 Å². The summed E-state index contributed by atoms with van der Waals surface area (Å²) in [5, 5.41) is 6.78. The number of carbonyl (C=O) groups excluding carboxylic acids is 2. The number of hydrogen-bond acceptors (Lipinski definition) is 5. The summed E-state index contributed by atoms with van der Waals surface area (Å²) in [5.41, 5.74) is 5.25. The first-order chi connectivity index (χ1) is 16.9. The zero-order valence-corrected chi connectivity index (χ0v) is 20.3. The van der Waals surface area contributed by atoms with E-state index in [9.17, 15) is 9.59 Å². The molecule has 4 rings (SSSR count). The number of pyridine rings is 1. The minimum absolute atomic E-state index is 0.174. The number of aromatic nitrogens is 2. The summed E-state index contributed by atoms with van der Waals surface area (Å²) >= 11 is 0. The molecule has 0 atom stereocenters. The summed E-state index contributed by atoms with van der Waals surface area (Å²) in [6, 6.07) is 15.3. The Morgan fingerprint density at radius 2 is 1.86 bits per heavy atom. The number of hydrogen-bond donors (Lipinski definition) is 3. The maximum Gasteiger partial charge on any atom is 0.255 e. The highest BCUT2D eigenvalue weighted by atomic mass is 16.5. The van der Waals surface area contributed by atoms with E-state index < -0.39 is 0 Å². The van der Waals surface area contributed by atoms with Crippen LogP contribution in [0.2, 0.25) is 0 Å². The van der Waals surface area contributed by atoms with Crippen molar-refractivity contribution < 1.29 is 14.3 Å². The summed E-state index contributed by atoms with van der Waals surface area (Å²) < 4.78 is 5.55. The van der Waals surface area contributed by atoms with Gasteiger partial charge in [-0.2, -0.15) is 0 Å². The first kappa shape index (κ1) is 24.0.